The zero-order valence-electron chi connectivity index (χ0n) is 14.1. The van der Waals surface area contributed by atoms with Crippen LogP contribution in [0.25, 0.3) is 12.2 Å². The van der Waals surface area contributed by atoms with Gasteiger partial charge in [-0.25, -0.2) is 4.79 Å². The lowest BCUT2D eigenvalue weighted by Crippen LogP contribution is -2.10. The molecular formula is C21H16BrNO3. The number of nitrogens with zero attached hydrogens (tertiary/aromatic N) is 1. The first-order valence-corrected chi connectivity index (χ1v) is 8.69. The standard InChI is InChI=1S/C21H16BrNO3/c1-25-20-14-16(7-6-15-10-12-23-13-11-15)8-9-19(20)26-21(24)17-4-2-3-5-18(17)22/h2-14H,1H3/b7-6+. The zero-order chi connectivity index (χ0) is 18.4. The molecule has 0 fully saturated rings. The Balaban J connectivity index is 1.80. The summed E-state index contributed by atoms with van der Waals surface area (Å²) in [4.78, 5) is 16.4. The normalized spacial score (nSPS) is 10.7. The molecule has 1 heterocycles. The Bertz CT molecular complexity index is 939. The van der Waals surface area contributed by atoms with E-state index in [1.54, 1.807) is 43.8 Å². The molecule has 4 nitrogen and oxygen atoms in total. The van der Waals surface area contributed by atoms with Gasteiger partial charge in [-0.1, -0.05) is 30.4 Å². The Kier molecular flexibility index (Phi) is 5.81. The van der Waals surface area contributed by atoms with Crippen LogP contribution in [0.1, 0.15) is 21.5 Å². The van der Waals surface area contributed by atoms with Gasteiger partial charge in [-0.2, -0.15) is 0 Å². The number of hydrogen-bond donors (Lipinski definition) is 0. The van der Waals surface area contributed by atoms with Crippen LogP contribution in [0.5, 0.6) is 11.5 Å². The number of esters is 1. The van der Waals surface area contributed by atoms with Crippen LogP contribution in [0.2, 0.25) is 0 Å². The maximum absolute atomic E-state index is 12.4. The Morgan fingerprint density at radius 3 is 2.42 bits per heavy atom. The van der Waals surface area contributed by atoms with Crippen molar-refractivity contribution in [2.45, 2.75) is 0 Å². The minimum atomic E-state index is -0.448. The second-order valence-corrected chi connectivity index (χ2v) is 6.25. The molecule has 0 atom stereocenters. The summed E-state index contributed by atoms with van der Waals surface area (Å²) in [5.41, 5.74) is 2.43. The largest absolute Gasteiger partial charge is 0.493 e. The second kappa shape index (κ2) is 8.45. The molecule has 0 N–H and O–H groups in total. The van der Waals surface area contributed by atoms with E-state index in [0.29, 0.717) is 21.5 Å². The van der Waals surface area contributed by atoms with Crippen LogP contribution in [0, 0.1) is 0 Å². The first-order valence-electron chi connectivity index (χ1n) is 7.90. The Labute approximate surface area is 160 Å². The van der Waals surface area contributed by atoms with Crippen LogP contribution in [0.4, 0.5) is 0 Å². The van der Waals surface area contributed by atoms with Gasteiger partial charge in [0.15, 0.2) is 11.5 Å². The topological polar surface area (TPSA) is 48.4 Å². The smallest absolute Gasteiger partial charge is 0.344 e. The van der Waals surface area contributed by atoms with Gasteiger partial charge >= 0.3 is 5.97 Å². The Morgan fingerprint density at radius 1 is 0.962 bits per heavy atom. The molecule has 130 valence electrons. The molecular weight excluding hydrogens is 394 g/mol. The summed E-state index contributed by atoms with van der Waals surface area (Å²) in [6.45, 7) is 0. The molecule has 0 radical (unpaired) electrons. The summed E-state index contributed by atoms with van der Waals surface area (Å²) in [6.07, 6.45) is 7.41. The number of benzene rings is 2. The van der Waals surface area contributed by atoms with E-state index < -0.39 is 5.97 Å². The van der Waals surface area contributed by atoms with E-state index in [4.69, 9.17) is 9.47 Å². The van der Waals surface area contributed by atoms with Crippen LogP contribution in [0.3, 0.4) is 0 Å². The Hall–Kier alpha value is -2.92. The lowest BCUT2D eigenvalue weighted by atomic mass is 10.1. The molecule has 2 aromatic carbocycles. The van der Waals surface area contributed by atoms with E-state index in [2.05, 4.69) is 20.9 Å². The highest BCUT2D eigenvalue weighted by Gasteiger charge is 2.14. The molecule has 0 aliphatic rings. The van der Waals surface area contributed by atoms with Crippen molar-refractivity contribution < 1.29 is 14.3 Å². The lowest BCUT2D eigenvalue weighted by Gasteiger charge is -2.10. The highest BCUT2D eigenvalue weighted by molar-refractivity contribution is 9.10. The number of carbonyl (C=O) groups excluding carboxylic acids is 1. The van der Waals surface area contributed by atoms with E-state index in [-0.39, 0.29) is 0 Å². The summed E-state index contributed by atoms with van der Waals surface area (Å²) in [5, 5.41) is 0. The lowest BCUT2D eigenvalue weighted by molar-refractivity contribution is 0.0729. The van der Waals surface area contributed by atoms with Crippen molar-refractivity contribution in [1.29, 1.82) is 0 Å². The number of halogens is 1. The van der Waals surface area contributed by atoms with Gasteiger partial charge in [-0.15, -0.1) is 0 Å². The third-order valence-electron chi connectivity index (χ3n) is 3.66. The molecule has 1 aromatic heterocycles. The summed E-state index contributed by atoms with van der Waals surface area (Å²) in [5.74, 6) is 0.410. The van der Waals surface area contributed by atoms with Crippen molar-refractivity contribution in [3.63, 3.8) is 0 Å². The summed E-state index contributed by atoms with van der Waals surface area (Å²) in [6, 6.07) is 16.4. The molecule has 0 saturated heterocycles. The maximum Gasteiger partial charge on any atom is 0.344 e. The fourth-order valence-electron chi connectivity index (χ4n) is 2.32. The Morgan fingerprint density at radius 2 is 1.69 bits per heavy atom. The van der Waals surface area contributed by atoms with E-state index in [1.165, 1.54) is 0 Å². The van der Waals surface area contributed by atoms with Gasteiger partial charge in [0, 0.05) is 16.9 Å². The van der Waals surface area contributed by atoms with Crippen LogP contribution < -0.4 is 9.47 Å². The predicted molar refractivity (Wildman–Crippen MR) is 105 cm³/mol. The fraction of sp³-hybridized carbons (Fsp3) is 0.0476. The van der Waals surface area contributed by atoms with E-state index >= 15 is 0 Å². The van der Waals surface area contributed by atoms with Gasteiger partial charge in [-0.05, 0) is 63.5 Å². The number of hydrogen-bond acceptors (Lipinski definition) is 4. The van der Waals surface area contributed by atoms with Crippen molar-refractivity contribution in [1.82, 2.24) is 4.98 Å². The number of rotatable bonds is 5. The monoisotopic (exact) mass is 409 g/mol. The van der Waals surface area contributed by atoms with Crippen molar-refractivity contribution >= 4 is 34.1 Å². The molecule has 0 spiro atoms. The molecule has 5 heteroatoms. The molecule has 26 heavy (non-hydrogen) atoms. The van der Waals surface area contributed by atoms with Gasteiger partial charge in [0.2, 0.25) is 0 Å². The quantitative estimate of drug-likeness (QED) is 0.426. The average molecular weight is 410 g/mol. The van der Waals surface area contributed by atoms with Crippen molar-refractivity contribution in [2.75, 3.05) is 7.11 Å². The van der Waals surface area contributed by atoms with E-state index in [1.807, 2.05) is 42.5 Å². The van der Waals surface area contributed by atoms with Crippen molar-refractivity contribution in [3.8, 4) is 11.5 Å². The van der Waals surface area contributed by atoms with Crippen molar-refractivity contribution in [3.05, 3.63) is 88.2 Å². The number of methoxy groups -OCH3 is 1. The summed E-state index contributed by atoms with van der Waals surface area (Å²) in [7, 11) is 1.54. The maximum atomic E-state index is 12.4. The molecule has 0 aliphatic carbocycles. The van der Waals surface area contributed by atoms with Gasteiger partial charge < -0.3 is 9.47 Å². The third kappa shape index (κ3) is 4.37. The SMILES string of the molecule is COc1cc(/C=C/c2ccncc2)ccc1OC(=O)c1ccccc1Br. The zero-order valence-corrected chi connectivity index (χ0v) is 15.6. The molecule has 0 aliphatic heterocycles. The highest BCUT2D eigenvalue weighted by atomic mass is 79.9. The average Bonchev–Trinajstić information content (AvgIpc) is 2.68. The van der Waals surface area contributed by atoms with Crippen LogP contribution in [-0.4, -0.2) is 18.1 Å². The van der Waals surface area contributed by atoms with Crippen molar-refractivity contribution in [2.24, 2.45) is 0 Å². The highest BCUT2D eigenvalue weighted by Crippen LogP contribution is 2.30. The molecule has 3 aromatic rings. The molecule has 0 unspecified atom stereocenters. The number of ether oxygens (including phenoxy) is 2. The predicted octanol–water partition coefficient (Wildman–Crippen LogP) is 5.24. The van der Waals surface area contributed by atoms with Gasteiger partial charge in [0.1, 0.15) is 0 Å². The number of carbonyl (C=O) groups is 1. The van der Waals surface area contributed by atoms with Gasteiger partial charge in [-0.3, -0.25) is 4.98 Å². The first-order chi connectivity index (χ1) is 12.7. The fourth-order valence-corrected chi connectivity index (χ4v) is 2.77. The number of pyridine rings is 1. The van der Waals surface area contributed by atoms with Crippen LogP contribution in [0.15, 0.2) is 71.5 Å². The van der Waals surface area contributed by atoms with Gasteiger partial charge in [0.05, 0.1) is 12.7 Å². The van der Waals surface area contributed by atoms with Gasteiger partial charge in [0.25, 0.3) is 0 Å². The molecule has 0 bridgehead atoms. The molecule has 0 saturated carbocycles. The minimum absolute atomic E-state index is 0.370. The minimum Gasteiger partial charge on any atom is -0.493 e. The first kappa shape index (κ1) is 17.9. The van der Waals surface area contributed by atoms with Crippen LogP contribution in [-0.2, 0) is 0 Å². The van der Waals surface area contributed by atoms with E-state index in [0.717, 1.165) is 11.1 Å². The second-order valence-electron chi connectivity index (χ2n) is 5.39. The van der Waals surface area contributed by atoms with E-state index in [9.17, 15) is 4.79 Å². The molecule has 0 amide bonds. The summed E-state index contributed by atoms with van der Waals surface area (Å²) >= 11 is 3.35. The van der Waals surface area contributed by atoms with Crippen LogP contribution >= 0.6 is 15.9 Å². The number of aromatic nitrogens is 1. The molecule has 3 rings (SSSR count). The summed E-state index contributed by atoms with van der Waals surface area (Å²) < 4.78 is 11.5. The third-order valence-corrected chi connectivity index (χ3v) is 4.35.